The molecule has 130 valence electrons. The first-order valence-corrected chi connectivity index (χ1v) is 9.46. The van der Waals surface area contributed by atoms with Gasteiger partial charge in [0.2, 0.25) is 0 Å². The number of aromatic amines is 1. The first-order valence-electron chi connectivity index (χ1n) is 8.94. The molecule has 2 unspecified atom stereocenters. The number of imidazole rings is 1. The van der Waals surface area contributed by atoms with Gasteiger partial charge in [-0.25, -0.2) is 4.98 Å². The third-order valence-corrected chi connectivity index (χ3v) is 5.39. The summed E-state index contributed by atoms with van der Waals surface area (Å²) in [6.07, 6.45) is 4.31. The quantitative estimate of drug-likeness (QED) is 0.531. The Labute approximate surface area is 157 Å². The van der Waals surface area contributed by atoms with Gasteiger partial charge in [0, 0.05) is 17.7 Å². The van der Waals surface area contributed by atoms with Crippen molar-refractivity contribution in [3.63, 3.8) is 0 Å². The second-order valence-corrected chi connectivity index (χ2v) is 7.44. The Balaban J connectivity index is 1.51. The van der Waals surface area contributed by atoms with Crippen LogP contribution < -0.4 is 0 Å². The van der Waals surface area contributed by atoms with Crippen LogP contribution in [0.5, 0.6) is 0 Å². The summed E-state index contributed by atoms with van der Waals surface area (Å²) in [6.45, 7) is 3.19. The lowest BCUT2D eigenvalue weighted by Gasteiger charge is -2.16. The van der Waals surface area contributed by atoms with E-state index in [-0.39, 0.29) is 0 Å². The van der Waals surface area contributed by atoms with Crippen LogP contribution >= 0.6 is 9.39 Å². The van der Waals surface area contributed by atoms with Gasteiger partial charge in [-0.1, -0.05) is 45.5 Å². The largest absolute Gasteiger partial charge is 0.341 e. The lowest BCUT2D eigenvalue weighted by atomic mass is 10.1. The Morgan fingerprint density at radius 3 is 2.65 bits per heavy atom. The van der Waals surface area contributed by atoms with Gasteiger partial charge in [0.1, 0.15) is 5.82 Å². The molecule has 3 aromatic rings. The van der Waals surface area contributed by atoms with Crippen molar-refractivity contribution >= 4 is 9.39 Å². The van der Waals surface area contributed by atoms with Crippen LogP contribution in [0.4, 0.5) is 0 Å². The van der Waals surface area contributed by atoms with Crippen molar-refractivity contribution in [3.05, 3.63) is 77.2 Å². The SMILES string of the molecule is Cc1cccc(C#Cc2ccc(-c3cnc(C4CCCN4P)[nH]3)cc2)c1. The normalized spacial score (nSPS) is 17.1. The van der Waals surface area contributed by atoms with E-state index in [1.165, 1.54) is 12.0 Å². The molecule has 1 aromatic heterocycles. The predicted octanol–water partition coefficient (Wildman–Crippen LogP) is 4.71. The molecule has 1 saturated heterocycles. The average Bonchev–Trinajstić information content (AvgIpc) is 3.29. The molecule has 0 bridgehead atoms. The molecule has 26 heavy (non-hydrogen) atoms. The molecule has 0 spiro atoms. The predicted molar refractivity (Wildman–Crippen MR) is 110 cm³/mol. The maximum atomic E-state index is 4.59. The Morgan fingerprint density at radius 1 is 1.12 bits per heavy atom. The zero-order chi connectivity index (χ0) is 17.9. The highest BCUT2D eigenvalue weighted by Crippen LogP contribution is 2.33. The molecule has 1 N–H and O–H groups in total. The van der Waals surface area contributed by atoms with Crippen LogP contribution in [-0.4, -0.2) is 21.2 Å². The lowest BCUT2D eigenvalue weighted by molar-refractivity contribution is 0.434. The fraction of sp³-hybridized carbons (Fsp3) is 0.227. The lowest BCUT2D eigenvalue weighted by Crippen LogP contribution is -2.12. The molecule has 4 rings (SSSR count). The zero-order valence-corrected chi connectivity index (χ0v) is 16.0. The van der Waals surface area contributed by atoms with Gasteiger partial charge in [0.25, 0.3) is 0 Å². The molecule has 4 heteroatoms. The molecule has 0 radical (unpaired) electrons. The van der Waals surface area contributed by atoms with E-state index >= 15 is 0 Å². The van der Waals surface area contributed by atoms with E-state index in [1.54, 1.807) is 0 Å². The van der Waals surface area contributed by atoms with Gasteiger partial charge < -0.3 is 4.98 Å². The number of H-pyrrole nitrogens is 1. The molecular weight excluding hydrogens is 337 g/mol. The summed E-state index contributed by atoms with van der Waals surface area (Å²) in [5, 5.41) is 0. The van der Waals surface area contributed by atoms with E-state index in [0.717, 1.165) is 41.2 Å². The average molecular weight is 359 g/mol. The van der Waals surface area contributed by atoms with Crippen LogP contribution in [0.3, 0.4) is 0 Å². The Kier molecular flexibility index (Phi) is 4.89. The maximum absolute atomic E-state index is 4.59. The zero-order valence-electron chi connectivity index (χ0n) is 14.9. The van der Waals surface area contributed by atoms with Crippen molar-refractivity contribution in [1.82, 2.24) is 14.6 Å². The first kappa shape index (κ1) is 17.0. The number of aryl methyl sites for hydroxylation is 1. The molecular formula is C22H22N3P. The topological polar surface area (TPSA) is 31.9 Å². The molecule has 0 amide bonds. The number of hydrogen-bond donors (Lipinski definition) is 1. The fourth-order valence-electron chi connectivity index (χ4n) is 3.34. The van der Waals surface area contributed by atoms with E-state index in [0.29, 0.717) is 6.04 Å². The first-order chi connectivity index (χ1) is 12.7. The van der Waals surface area contributed by atoms with Gasteiger partial charge in [-0.15, -0.1) is 0 Å². The van der Waals surface area contributed by atoms with Crippen LogP contribution in [0.15, 0.2) is 54.7 Å². The number of rotatable bonds is 2. The maximum Gasteiger partial charge on any atom is 0.124 e. The smallest absolute Gasteiger partial charge is 0.124 e. The molecule has 0 saturated carbocycles. The minimum atomic E-state index is 0.383. The second kappa shape index (κ2) is 7.46. The van der Waals surface area contributed by atoms with Crippen LogP contribution in [0.25, 0.3) is 11.3 Å². The van der Waals surface area contributed by atoms with Crippen molar-refractivity contribution in [2.75, 3.05) is 6.54 Å². The van der Waals surface area contributed by atoms with Gasteiger partial charge in [0.05, 0.1) is 17.9 Å². The molecule has 1 aliphatic rings. The number of nitrogens with zero attached hydrogens (tertiary/aromatic N) is 2. The summed E-state index contributed by atoms with van der Waals surface area (Å²) in [7, 11) is 2.81. The Hall–Kier alpha value is -2.40. The van der Waals surface area contributed by atoms with E-state index in [9.17, 15) is 0 Å². The van der Waals surface area contributed by atoms with Crippen LogP contribution in [0, 0.1) is 18.8 Å². The third-order valence-electron chi connectivity index (χ3n) is 4.77. The van der Waals surface area contributed by atoms with Crippen molar-refractivity contribution in [2.24, 2.45) is 0 Å². The van der Waals surface area contributed by atoms with Gasteiger partial charge in [-0.05, 0) is 55.2 Å². The third kappa shape index (κ3) is 3.73. The van der Waals surface area contributed by atoms with E-state index in [4.69, 9.17) is 0 Å². The minimum Gasteiger partial charge on any atom is -0.341 e. The van der Waals surface area contributed by atoms with Crippen molar-refractivity contribution < 1.29 is 0 Å². The molecule has 2 aromatic carbocycles. The summed E-state index contributed by atoms with van der Waals surface area (Å²) >= 11 is 0. The van der Waals surface area contributed by atoms with Crippen molar-refractivity contribution in [1.29, 1.82) is 0 Å². The minimum absolute atomic E-state index is 0.383. The molecule has 1 fully saturated rings. The monoisotopic (exact) mass is 359 g/mol. The molecule has 3 nitrogen and oxygen atoms in total. The van der Waals surface area contributed by atoms with E-state index in [2.05, 4.69) is 79.2 Å². The standard InChI is InChI=1S/C22H22N3P/c1-16-4-2-5-18(14-16)8-7-17-9-11-19(12-10-17)20-15-23-22(24-20)21-6-3-13-25(21)26/h2,4-5,9-12,14-15,21H,3,6,13,26H2,1H3,(H,23,24). The van der Waals surface area contributed by atoms with E-state index in [1.807, 2.05) is 18.3 Å². The van der Waals surface area contributed by atoms with Crippen LogP contribution in [0.2, 0.25) is 0 Å². The Bertz CT molecular complexity index is 963. The van der Waals surface area contributed by atoms with Gasteiger partial charge >= 0.3 is 0 Å². The number of benzene rings is 2. The van der Waals surface area contributed by atoms with Crippen molar-refractivity contribution in [2.45, 2.75) is 25.8 Å². The molecule has 2 atom stereocenters. The van der Waals surface area contributed by atoms with Gasteiger partial charge in [-0.3, -0.25) is 4.67 Å². The molecule has 1 aliphatic heterocycles. The molecule has 2 heterocycles. The van der Waals surface area contributed by atoms with Crippen LogP contribution in [0.1, 0.15) is 41.4 Å². The number of hydrogen-bond acceptors (Lipinski definition) is 2. The number of nitrogens with one attached hydrogen (secondary N) is 1. The Morgan fingerprint density at radius 2 is 1.92 bits per heavy atom. The fourth-order valence-corrected chi connectivity index (χ4v) is 3.81. The molecule has 0 aliphatic carbocycles. The highest BCUT2D eigenvalue weighted by molar-refractivity contribution is 7.13. The van der Waals surface area contributed by atoms with Gasteiger partial charge in [0.15, 0.2) is 0 Å². The number of aromatic nitrogens is 2. The van der Waals surface area contributed by atoms with E-state index < -0.39 is 0 Å². The van der Waals surface area contributed by atoms with Crippen LogP contribution in [-0.2, 0) is 0 Å². The summed E-state index contributed by atoms with van der Waals surface area (Å²) in [4.78, 5) is 8.08. The highest BCUT2D eigenvalue weighted by Gasteiger charge is 2.25. The summed E-state index contributed by atoms with van der Waals surface area (Å²) in [5.74, 6) is 7.52. The summed E-state index contributed by atoms with van der Waals surface area (Å²) in [6, 6.07) is 17.0. The van der Waals surface area contributed by atoms with Gasteiger partial charge in [-0.2, -0.15) is 0 Å². The van der Waals surface area contributed by atoms with Crippen molar-refractivity contribution in [3.8, 4) is 23.1 Å². The highest BCUT2D eigenvalue weighted by atomic mass is 31.0. The second-order valence-electron chi connectivity index (χ2n) is 6.77. The summed E-state index contributed by atoms with van der Waals surface area (Å²) < 4.78 is 2.28. The summed E-state index contributed by atoms with van der Waals surface area (Å²) in [5.41, 5.74) is 5.49.